The molecule has 0 aliphatic carbocycles. The van der Waals surface area contributed by atoms with Crippen molar-refractivity contribution in [3.05, 3.63) is 58.4 Å². The van der Waals surface area contributed by atoms with Crippen LogP contribution in [0.25, 0.3) is 0 Å². The normalized spacial score (nSPS) is 17.9. The molecule has 1 amide bonds. The number of alkyl halides is 3. The number of nitrogens with two attached hydrogens (primary N) is 1. The zero-order valence-corrected chi connectivity index (χ0v) is 19.3. The Kier molecular flexibility index (Phi) is 7.69. The minimum absolute atomic E-state index is 0.128. The SMILES string of the molecule is N[C@H]1CS(=O)(=O)c2cc(F)c(C(=O)CCCCC(F)(F)F)cc2N(Cc2ccc(Cl)cc2)C1=O. The number of rotatable bonds is 7. The van der Waals surface area contributed by atoms with Crippen molar-refractivity contribution < 1.29 is 35.6 Å². The summed E-state index contributed by atoms with van der Waals surface area (Å²) in [6, 6.07) is 6.55. The van der Waals surface area contributed by atoms with Crippen LogP contribution in [0.15, 0.2) is 41.3 Å². The van der Waals surface area contributed by atoms with Gasteiger partial charge >= 0.3 is 6.18 Å². The maximum atomic E-state index is 14.8. The number of carbonyl (C=O) groups is 2. The second-order valence-electron chi connectivity index (χ2n) is 7.98. The Morgan fingerprint density at radius 3 is 2.41 bits per heavy atom. The fourth-order valence-electron chi connectivity index (χ4n) is 3.61. The van der Waals surface area contributed by atoms with Crippen LogP contribution in [0.1, 0.15) is 41.6 Å². The van der Waals surface area contributed by atoms with E-state index in [1.54, 1.807) is 24.3 Å². The van der Waals surface area contributed by atoms with E-state index in [-0.39, 0.29) is 31.5 Å². The predicted octanol–water partition coefficient (Wildman–Crippen LogP) is 4.43. The van der Waals surface area contributed by atoms with Crippen LogP contribution < -0.4 is 10.6 Å². The van der Waals surface area contributed by atoms with Crippen LogP contribution in [-0.4, -0.2) is 38.1 Å². The molecule has 0 unspecified atom stereocenters. The second-order valence-corrected chi connectivity index (χ2v) is 10.4. The standard InChI is InChI=1S/C22H21ClF4N2O4S/c23-14-6-4-13(5-7-14)11-29-18-9-15(19(30)3-1-2-8-22(25,26)27)16(24)10-20(18)34(32,33)12-17(28)21(29)31/h4-7,9-10,17H,1-3,8,11-12,28H2/t17-/m0/s1. The molecule has 1 heterocycles. The van der Waals surface area contributed by atoms with Gasteiger partial charge in [-0.05, 0) is 42.7 Å². The predicted molar refractivity (Wildman–Crippen MR) is 118 cm³/mol. The Hall–Kier alpha value is -2.50. The largest absolute Gasteiger partial charge is 0.389 e. The van der Waals surface area contributed by atoms with Gasteiger partial charge in [-0.25, -0.2) is 12.8 Å². The zero-order chi connectivity index (χ0) is 25.3. The number of Topliss-reactive ketones (excluding diaryl/α,β-unsaturated/α-hetero) is 1. The van der Waals surface area contributed by atoms with E-state index < -0.39 is 62.2 Å². The number of hydrogen-bond donors (Lipinski definition) is 1. The molecule has 12 heteroatoms. The molecule has 6 nitrogen and oxygen atoms in total. The molecule has 0 aromatic heterocycles. The van der Waals surface area contributed by atoms with Gasteiger partial charge in [-0.3, -0.25) is 9.59 Å². The van der Waals surface area contributed by atoms with Gasteiger partial charge in [-0.1, -0.05) is 23.7 Å². The topological polar surface area (TPSA) is 97.5 Å². The minimum atomic E-state index is -4.37. The summed E-state index contributed by atoms with van der Waals surface area (Å²) in [5.41, 5.74) is 5.65. The minimum Gasteiger partial charge on any atom is -0.319 e. The third-order valence-electron chi connectivity index (χ3n) is 5.33. The summed E-state index contributed by atoms with van der Waals surface area (Å²) in [4.78, 5) is 26.1. The smallest absolute Gasteiger partial charge is 0.319 e. The van der Waals surface area contributed by atoms with Gasteiger partial charge in [-0.15, -0.1) is 0 Å². The molecule has 3 rings (SSSR count). The fraction of sp³-hybridized carbons (Fsp3) is 0.364. The van der Waals surface area contributed by atoms with Crippen molar-refractivity contribution in [1.29, 1.82) is 0 Å². The van der Waals surface area contributed by atoms with Gasteiger partial charge < -0.3 is 10.6 Å². The van der Waals surface area contributed by atoms with Crippen LogP contribution >= 0.6 is 11.6 Å². The first-order chi connectivity index (χ1) is 15.8. The van der Waals surface area contributed by atoms with Gasteiger partial charge in [0.25, 0.3) is 0 Å². The quantitative estimate of drug-likeness (QED) is 0.331. The van der Waals surface area contributed by atoms with Crippen molar-refractivity contribution in [3.8, 4) is 0 Å². The number of anilines is 1. The maximum absolute atomic E-state index is 14.8. The van der Waals surface area contributed by atoms with E-state index in [1.807, 2.05) is 0 Å². The van der Waals surface area contributed by atoms with Crippen molar-refractivity contribution in [2.75, 3.05) is 10.7 Å². The molecule has 2 aromatic rings. The summed E-state index contributed by atoms with van der Waals surface area (Å²) >= 11 is 5.88. The molecule has 0 radical (unpaired) electrons. The van der Waals surface area contributed by atoms with Crippen LogP contribution in [0.2, 0.25) is 5.02 Å². The molecule has 0 bridgehead atoms. The van der Waals surface area contributed by atoms with E-state index in [9.17, 15) is 35.6 Å². The number of halogens is 5. The fourth-order valence-corrected chi connectivity index (χ4v) is 5.31. The van der Waals surface area contributed by atoms with Crippen molar-refractivity contribution in [3.63, 3.8) is 0 Å². The molecule has 2 aromatic carbocycles. The van der Waals surface area contributed by atoms with E-state index in [1.165, 1.54) is 0 Å². The van der Waals surface area contributed by atoms with E-state index in [0.29, 0.717) is 16.7 Å². The third-order valence-corrected chi connectivity index (χ3v) is 7.37. The summed E-state index contributed by atoms with van der Waals surface area (Å²) < 4.78 is 77.3. The van der Waals surface area contributed by atoms with Crippen molar-refractivity contribution in [2.24, 2.45) is 5.73 Å². The maximum Gasteiger partial charge on any atom is 0.389 e. The Balaban J connectivity index is 1.99. The number of fused-ring (bicyclic) bond motifs is 1. The van der Waals surface area contributed by atoms with Gasteiger partial charge in [0.2, 0.25) is 5.91 Å². The van der Waals surface area contributed by atoms with E-state index in [0.717, 1.165) is 11.0 Å². The molecule has 0 saturated heterocycles. The van der Waals surface area contributed by atoms with Crippen molar-refractivity contribution in [2.45, 2.75) is 49.3 Å². The van der Waals surface area contributed by atoms with Crippen LogP contribution in [0, 0.1) is 5.82 Å². The summed E-state index contributed by atoms with van der Waals surface area (Å²) in [7, 11) is -4.18. The first-order valence-electron chi connectivity index (χ1n) is 10.3. The highest BCUT2D eigenvalue weighted by Crippen LogP contribution is 2.34. The Morgan fingerprint density at radius 1 is 1.15 bits per heavy atom. The number of sulfone groups is 1. The van der Waals surface area contributed by atoms with Gasteiger partial charge in [-0.2, -0.15) is 13.2 Å². The van der Waals surface area contributed by atoms with Crippen LogP contribution in [0.3, 0.4) is 0 Å². The Labute approximate surface area is 198 Å². The number of hydrogen-bond acceptors (Lipinski definition) is 5. The third kappa shape index (κ3) is 6.13. The van der Waals surface area contributed by atoms with Gasteiger partial charge in [0.15, 0.2) is 15.6 Å². The van der Waals surface area contributed by atoms with Crippen LogP contribution in [0.5, 0.6) is 0 Å². The molecule has 34 heavy (non-hydrogen) atoms. The Morgan fingerprint density at radius 2 is 1.79 bits per heavy atom. The highest BCUT2D eigenvalue weighted by atomic mass is 35.5. The molecule has 0 saturated carbocycles. The van der Waals surface area contributed by atoms with Gasteiger partial charge in [0.1, 0.15) is 5.82 Å². The molecule has 0 fully saturated rings. The number of nitrogens with zero attached hydrogens (tertiary/aromatic N) is 1. The average molecular weight is 521 g/mol. The monoisotopic (exact) mass is 520 g/mol. The summed E-state index contributed by atoms with van der Waals surface area (Å²) in [6.07, 6.45) is -6.26. The summed E-state index contributed by atoms with van der Waals surface area (Å²) in [5, 5.41) is 0.436. The second kappa shape index (κ2) is 10.0. The van der Waals surface area contributed by atoms with Crippen LogP contribution in [0.4, 0.5) is 23.2 Å². The van der Waals surface area contributed by atoms with Crippen molar-refractivity contribution >= 4 is 38.8 Å². The highest BCUT2D eigenvalue weighted by molar-refractivity contribution is 7.91. The summed E-state index contributed by atoms with van der Waals surface area (Å²) in [5.74, 6) is -3.43. The number of carbonyl (C=O) groups excluding carboxylic acids is 2. The molecular formula is C22H21ClF4N2O4S. The molecular weight excluding hydrogens is 500 g/mol. The number of benzene rings is 2. The molecule has 1 atom stereocenters. The average Bonchev–Trinajstić information content (AvgIpc) is 2.80. The lowest BCUT2D eigenvalue weighted by Gasteiger charge is -2.25. The first-order valence-corrected chi connectivity index (χ1v) is 12.3. The lowest BCUT2D eigenvalue weighted by molar-refractivity contribution is -0.135. The number of unbranched alkanes of at least 4 members (excludes halogenated alkanes) is 1. The van der Waals surface area contributed by atoms with E-state index in [4.69, 9.17) is 17.3 Å². The van der Waals surface area contributed by atoms with Gasteiger partial charge in [0.05, 0.1) is 34.5 Å². The number of ketones is 1. The molecule has 184 valence electrons. The summed E-state index contributed by atoms with van der Waals surface area (Å²) in [6.45, 7) is -0.128. The van der Waals surface area contributed by atoms with Crippen LogP contribution in [-0.2, 0) is 21.2 Å². The molecule has 1 aliphatic heterocycles. The lowest BCUT2D eigenvalue weighted by atomic mass is 10.0. The van der Waals surface area contributed by atoms with E-state index >= 15 is 0 Å². The van der Waals surface area contributed by atoms with E-state index in [2.05, 4.69) is 0 Å². The molecule has 1 aliphatic rings. The highest BCUT2D eigenvalue weighted by Gasteiger charge is 2.37. The Bertz CT molecular complexity index is 1200. The molecule has 2 N–H and O–H groups in total. The zero-order valence-electron chi connectivity index (χ0n) is 17.7. The van der Waals surface area contributed by atoms with Gasteiger partial charge in [0, 0.05) is 17.9 Å². The molecule has 0 spiro atoms. The number of amides is 1. The first kappa shape index (κ1) is 26.1. The van der Waals surface area contributed by atoms with Crippen molar-refractivity contribution in [1.82, 2.24) is 0 Å². The lowest BCUT2D eigenvalue weighted by Crippen LogP contribution is -2.45.